The van der Waals surface area contributed by atoms with Crippen LogP contribution in [0.15, 0.2) is 35.7 Å². The second kappa shape index (κ2) is 8.02. The van der Waals surface area contributed by atoms with Crippen molar-refractivity contribution >= 4 is 17.2 Å². The summed E-state index contributed by atoms with van der Waals surface area (Å²) in [4.78, 5) is 15.8. The molecule has 0 saturated carbocycles. The van der Waals surface area contributed by atoms with E-state index in [0.717, 1.165) is 25.4 Å². The van der Waals surface area contributed by atoms with E-state index in [4.69, 9.17) is 4.74 Å². The zero-order valence-electron chi connectivity index (χ0n) is 15.1. The molecule has 4 nitrogen and oxygen atoms in total. The summed E-state index contributed by atoms with van der Waals surface area (Å²) in [6, 6.07) is 10.5. The molecule has 0 spiro atoms. The van der Waals surface area contributed by atoms with Crippen LogP contribution in [0.5, 0.6) is 5.75 Å². The smallest absolute Gasteiger partial charge is 0.221 e. The van der Waals surface area contributed by atoms with Gasteiger partial charge >= 0.3 is 0 Å². The topological polar surface area (TPSA) is 41.6 Å². The molecule has 5 heteroatoms. The zero-order valence-corrected chi connectivity index (χ0v) is 15.9. The summed E-state index contributed by atoms with van der Waals surface area (Å²) in [6.45, 7) is 8.62. The Kier molecular flexibility index (Phi) is 5.76. The first-order chi connectivity index (χ1) is 12.0. The van der Waals surface area contributed by atoms with Gasteiger partial charge in [0.15, 0.2) is 0 Å². The van der Waals surface area contributed by atoms with Crippen molar-refractivity contribution in [3.05, 3.63) is 51.7 Å². The van der Waals surface area contributed by atoms with Crippen LogP contribution in [0.3, 0.4) is 0 Å². The van der Waals surface area contributed by atoms with Gasteiger partial charge in [-0.2, -0.15) is 0 Å². The van der Waals surface area contributed by atoms with E-state index in [9.17, 15) is 4.79 Å². The van der Waals surface area contributed by atoms with Crippen LogP contribution in [0.25, 0.3) is 0 Å². The van der Waals surface area contributed by atoms with Crippen LogP contribution in [0.2, 0.25) is 0 Å². The van der Waals surface area contributed by atoms with E-state index in [1.807, 2.05) is 18.4 Å². The molecule has 2 unspecified atom stereocenters. The molecule has 0 aliphatic carbocycles. The number of aryl methyl sites for hydroxylation is 1. The van der Waals surface area contributed by atoms with Crippen molar-refractivity contribution in [3.8, 4) is 5.75 Å². The highest BCUT2D eigenvalue weighted by molar-refractivity contribution is 7.10. The van der Waals surface area contributed by atoms with E-state index in [0.29, 0.717) is 6.42 Å². The maximum Gasteiger partial charge on any atom is 0.221 e. The predicted octanol–water partition coefficient (Wildman–Crippen LogP) is 3.91. The lowest BCUT2D eigenvalue weighted by atomic mass is 10.1. The third-order valence-electron chi connectivity index (χ3n) is 4.46. The van der Waals surface area contributed by atoms with E-state index in [1.165, 1.54) is 16.0 Å². The van der Waals surface area contributed by atoms with Crippen LogP contribution in [0.4, 0.5) is 0 Å². The monoisotopic (exact) mass is 358 g/mol. The van der Waals surface area contributed by atoms with Gasteiger partial charge in [-0.25, -0.2) is 0 Å². The highest BCUT2D eigenvalue weighted by atomic mass is 32.1. The van der Waals surface area contributed by atoms with E-state index < -0.39 is 0 Å². The molecule has 2 atom stereocenters. The molecule has 1 amide bonds. The maximum absolute atomic E-state index is 12.3. The van der Waals surface area contributed by atoms with Gasteiger partial charge in [-0.3, -0.25) is 9.69 Å². The number of hydrogen-bond donors (Lipinski definition) is 1. The molecule has 0 bridgehead atoms. The van der Waals surface area contributed by atoms with Gasteiger partial charge in [0.05, 0.1) is 6.04 Å². The van der Waals surface area contributed by atoms with Gasteiger partial charge < -0.3 is 10.1 Å². The predicted molar refractivity (Wildman–Crippen MR) is 102 cm³/mol. The molecule has 1 aromatic carbocycles. The lowest BCUT2D eigenvalue weighted by Gasteiger charge is -2.22. The number of benzene rings is 1. The highest BCUT2D eigenvalue weighted by Crippen LogP contribution is 2.26. The number of ether oxygens (including phenoxy) is 1. The fourth-order valence-electron chi connectivity index (χ4n) is 3.22. The van der Waals surface area contributed by atoms with Crippen molar-refractivity contribution in [2.75, 3.05) is 13.1 Å². The molecule has 3 rings (SSSR count). The number of nitrogens with one attached hydrogen (secondary N) is 1. The van der Waals surface area contributed by atoms with E-state index in [1.54, 1.807) is 11.3 Å². The number of amides is 1. The van der Waals surface area contributed by atoms with Crippen molar-refractivity contribution in [1.82, 2.24) is 10.2 Å². The minimum atomic E-state index is 0.0715. The van der Waals surface area contributed by atoms with Crippen molar-refractivity contribution < 1.29 is 9.53 Å². The minimum absolute atomic E-state index is 0.0715. The quantitative estimate of drug-likeness (QED) is 0.881. The van der Waals surface area contributed by atoms with Crippen LogP contribution >= 0.6 is 11.3 Å². The summed E-state index contributed by atoms with van der Waals surface area (Å²) < 4.78 is 6.02. The fourth-order valence-corrected chi connectivity index (χ4v) is 3.96. The lowest BCUT2D eigenvalue weighted by molar-refractivity contribution is -0.122. The Morgan fingerprint density at radius 1 is 1.44 bits per heavy atom. The summed E-state index contributed by atoms with van der Waals surface area (Å²) in [5.74, 6) is 1.07. The Morgan fingerprint density at radius 2 is 2.28 bits per heavy atom. The second-order valence-corrected chi connectivity index (χ2v) is 7.81. The van der Waals surface area contributed by atoms with Crippen molar-refractivity contribution in [1.29, 1.82) is 0 Å². The Labute approximate surface area is 153 Å². The molecule has 25 heavy (non-hydrogen) atoms. The normalized spacial score (nSPS) is 18.8. The number of carbonyl (C=O) groups is 1. The highest BCUT2D eigenvalue weighted by Gasteiger charge is 2.21. The molecule has 2 heterocycles. The van der Waals surface area contributed by atoms with Gasteiger partial charge in [-0.05, 0) is 38.3 Å². The largest absolute Gasteiger partial charge is 0.489 e. The SMILES string of the molecule is Cc1ccc2c(c1)CN(CCC(=O)NC(C)c1cccs1)CC(C)O2. The van der Waals surface area contributed by atoms with Crippen molar-refractivity contribution in [2.45, 2.75) is 45.9 Å². The number of hydrogen-bond acceptors (Lipinski definition) is 4. The lowest BCUT2D eigenvalue weighted by Crippen LogP contribution is -2.35. The average molecular weight is 359 g/mol. The molecule has 2 aromatic rings. The number of nitrogens with zero attached hydrogens (tertiary/aromatic N) is 1. The Balaban J connectivity index is 1.56. The minimum Gasteiger partial charge on any atom is -0.489 e. The Morgan fingerprint density at radius 3 is 3.04 bits per heavy atom. The number of thiophene rings is 1. The Hall–Kier alpha value is -1.85. The summed E-state index contributed by atoms with van der Waals surface area (Å²) in [6.07, 6.45) is 0.626. The molecule has 1 aliphatic heterocycles. The molecule has 1 aromatic heterocycles. The molecular formula is C20H26N2O2S. The van der Waals surface area contributed by atoms with Crippen molar-refractivity contribution in [2.24, 2.45) is 0 Å². The maximum atomic E-state index is 12.3. The molecule has 0 radical (unpaired) electrons. The zero-order chi connectivity index (χ0) is 17.8. The first kappa shape index (κ1) is 18.0. The molecule has 1 N–H and O–H groups in total. The van der Waals surface area contributed by atoms with E-state index in [-0.39, 0.29) is 18.1 Å². The van der Waals surface area contributed by atoms with Crippen LogP contribution < -0.4 is 10.1 Å². The average Bonchev–Trinajstić information content (AvgIpc) is 3.04. The fraction of sp³-hybridized carbons (Fsp3) is 0.450. The second-order valence-electron chi connectivity index (χ2n) is 6.83. The van der Waals surface area contributed by atoms with Crippen LogP contribution in [0.1, 0.15) is 42.3 Å². The molecular weight excluding hydrogens is 332 g/mol. The van der Waals surface area contributed by atoms with Gasteiger partial charge in [0.25, 0.3) is 0 Å². The van der Waals surface area contributed by atoms with Gasteiger partial charge in [0, 0.05) is 36.5 Å². The number of fused-ring (bicyclic) bond motifs is 1. The van der Waals surface area contributed by atoms with Crippen LogP contribution in [0, 0.1) is 6.92 Å². The van der Waals surface area contributed by atoms with Gasteiger partial charge in [-0.15, -0.1) is 11.3 Å². The van der Waals surface area contributed by atoms with Crippen molar-refractivity contribution in [3.63, 3.8) is 0 Å². The standard InChI is InChI=1S/C20H26N2O2S/c1-14-6-7-18-17(11-14)13-22(12-15(2)24-18)9-8-20(23)21-16(3)19-5-4-10-25-19/h4-7,10-11,15-16H,8-9,12-13H2,1-3H3,(H,21,23). The third kappa shape index (κ3) is 4.83. The van der Waals surface area contributed by atoms with E-state index in [2.05, 4.69) is 48.3 Å². The number of rotatable bonds is 5. The molecule has 0 saturated heterocycles. The summed E-state index contributed by atoms with van der Waals surface area (Å²) >= 11 is 1.67. The third-order valence-corrected chi connectivity index (χ3v) is 5.51. The molecule has 0 fully saturated rings. The van der Waals surface area contributed by atoms with Gasteiger partial charge in [0.1, 0.15) is 11.9 Å². The summed E-state index contributed by atoms with van der Waals surface area (Å²) in [5.41, 5.74) is 2.44. The number of carbonyl (C=O) groups excluding carboxylic acids is 1. The van der Waals surface area contributed by atoms with Gasteiger partial charge in [-0.1, -0.05) is 23.8 Å². The first-order valence-electron chi connectivity index (χ1n) is 8.82. The van der Waals surface area contributed by atoms with Crippen LogP contribution in [-0.2, 0) is 11.3 Å². The summed E-state index contributed by atoms with van der Waals surface area (Å²) in [5, 5.41) is 5.13. The van der Waals surface area contributed by atoms with E-state index >= 15 is 0 Å². The van der Waals surface area contributed by atoms with Crippen LogP contribution in [-0.4, -0.2) is 30.0 Å². The summed E-state index contributed by atoms with van der Waals surface area (Å²) in [7, 11) is 0. The first-order valence-corrected chi connectivity index (χ1v) is 9.70. The van der Waals surface area contributed by atoms with Gasteiger partial charge in [0.2, 0.25) is 5.91 Å². The Bertz CT molecular complexity index is 714. The molecule has 134 valence electrons. The molecule has 1 aliphatic rings.